The molecule has 1 atom stereocenters. The number of piperazine rings is 1. The Hall–Kier alpha value is -0.120. The van der Waals surface area contributed by atoms with Crippen LogP contribution in [-0.2, 0) is 0 Å². The van der Waals surface area contributed by atoms with E-state index in [1.165, 1.54) is 45.4 Å². The number of hydrogen-bond acceptors (Lipinski definition) is 3. The number of nitrogens with zero attached hydrogens (tertiary/aromatic N) is 2. The van der Waals surface area contributed by atoms with Gasteiger partial charge in [0.05, 0.1) is 0 Å². The molecule has 1 N–H and O–H groups in total. The van der Waals surface area contributed by atoms with Crippen LogP contribution < -0.4 is 5.32 Å². The van der Waals surface area contributed by atoms with E-state index in [0.29, 0.717) is 6.04 Å². The van der Waals surface area contributed by atoms with Crippen molar-refractivity contribution in [3.05, 3.63) is 0 Å². The first-order valence-corrected chi connectivity index (χ1v) is 7.42. The lowest BCUT2D eigenvalue weighted by Crippen LogP contribution is -2.53. The molecule has 0 spiro atoms. The van der Waals surface area contributed by atoms with Gasteiger partial charge in [-0.3, -0.25) is 9.80 Å². The molecule has 0 amide bonds. The molecule has 0 radical (unpaired) electrons. The van der Waals surface area contributed by atoms with Crippen molar-refractivity contribution in [1.29, 1.82) is 0 Å². The van der Waals surface area contributed by atoms with Crippen molar-refractivity contribution in [2.75, 3.05) is 32.7 Å². The minimum Gasteiger partial charge on any atom is -0.313 e. The van der Waals surface area contributed by atoms with Crippen LogP contribution in [0.2, 0.25) is 0 Å². The van der Waals surface area contributed by atoms with E-state index in [4.69, 9.17) is 0 Å². The van der Waals surface area contributed by atoms with Gasteiger partial charge in [0.2, 0.25) is 0 Å². The van der Waals surface area contributed by atoms with Crippen LogP contribution in [0.15, 0.2) is 0 Å². The lowest BCUT2D eigenvalue weighted by atomic mass is 10.1. The Morgan fingerprint density at radius 3 is 2.24 bits per heavy atom. The maximum atomic E-state index is 3.58. The molecule has 3 nitrogen and oxygen atoms in total. The van der Waals surface area contributed by atoms with E-state index in [-0.39, 0.29) is 0 Å². The van der Waals surface area contributed by atoms with Gasteiger partial charge in [0.1, 0.15) is 0 Å². The van der Waals surface area contributed by atoms with E-state index in [1.807, 2.05) is 0 Å². The topological polar surface area (TPSA) is 18.5 Å². The van der Waals surface area contributed by atoms with Gasteiger partial charge in [0.15, 0.2) is 0 Å². The van der Waals surface area contributed by atoms with E-state index in [1.54, 1.807) is 0 Å². The Bertz CT molecular complexity index is 218. The predicted molar refractivity (Wildman–Crippen MR) is 73.4 cm³/mol. The van der Waals surface area contributed by atoms with E-state index in [9.17, 15) is 0 Å². The molecule has 1 saturated heterocycles. The molecular weight excluding hydrogens is 210 g/mol. The highest BCUT2D eigenvalue weighted by Gasteiger charge is 2.32. The van der Waals surface area contributed by atoms with Crippen molar-refractivity contribution in [2.24, 2.45) is 0 Å². The predicted octanol–water partition coefficient (Wildman–Crippen LogP) is 1.54. The van der Waals surface area contributed by atoms with Gasteiger partial charge in [-0.1, -0.05) is 20.8 Å². The van der Waals surface area contributed by atoms with Crippen LogP contribution in [0.3, 0.4) is 0 Å². The molecule has 0 bridgehead atoms. The van der Waals surface area contributed by atoms with Crippen LogP contribution >= 0.6 is 0 Å². The Morgan fingerprint density at radius 2 is 1.76 bits per heavy atom. The summed E-state index contributed by atoms with van der Waals surface area (Å²) in [6, 6.07) is 2.29. The number of rotatable bonds is 6. The molecule has 1 heterocycles. The summed E-state index contributed by atoms with van der Waals surface area (Å²) in [6.45, 7) is 13.1. The van der Waals surface area contributed by atoms with Gasteiger partial charge in [0.25, 0.3) is 0 Å². The van der Waals surface area contributed by atoms with Crippen molar-refractivity contribution in [2.45, 2.75) is 58.2 Å². The van der Waals surface area contributed by atoms with Gasteiger partial charge in [-0.2, -0.15) is 0 Å². The summed E-state index contributed by atoms with van der Waals surface area (Å²) < 4.78 is 0. The summed E-state index contributed by atoms with van der Waals surface area (Å²) in [5, 5.41) is 3.58. The fourth-order valence-electron chi connectivity index (χ4n) is 2.81. The fraction of sp³-hybridized carbons (Fsp3) is 1.00. The number of nitrogens with one attached hydrogen (secondary N) is 1. The second-order valence-corrected chi connectivity index (χ2v) is 5.93. The second kappa shape index (κ2) is 6.17. The molecule has 0 aromatic heterocycles. The minimum absolute atomic E-state index is 0.608. The summed E-state index contributed by atoms with van der Waals surface area (Å²) >= 11 is 0. The van der Waals surface area contributed by atoms with Crippen LogP contribution in [0.5, 0.6) is 0 Å². The molecule has 1 aliphatic carbocycles. The van der Waals surface area contributed by atoms with Crippen LogP contribution in [0, 0.1) is 0 Å². The van der Waals surface area contributed by atoms with Crippen LogP contribution in [0.1, 0.15) is 40.0 Å². The lowest BCUT2D eigenvalue weighted by Gasteiger charge is -2.39. The van der Waals surface area contributed by atoms with Gasteiger partial charge in [-0.15, -0.1) is 0 Å². The molecule has 2 rings (SSSR count). The monoisotopic (exact) mass is 239 g/mol. The standard InChI is InChI=1S/C14H29N3/c1-4-13(11-15-12(2)3)16-7-9-17(10-8-16)14-5-6-14/h12-15H,4-11H2,1-3H3. The molecule has 17 heavy (non-hydrogen) atoms. The Balaban J connectivity index is 1.72. The van der Waals surface area contributed by atoms with Gasteiger partial charge in [-0.05, 0) is 19.3 Å². The van der Waals surface area contributed by atoms with Gasteiger partial charge >= 0.3 is 0 Å². The molecular formula is C14H29N3. The van der Waals surface area contributed by atoms with E-state index in [0.717, 1.165) is 18.6 Å². The normalized spacial score (nSPS) is 25.4. The molecule has 1 saturated carbocycles. The molecule has 1 aliphatic heterocycles. The molecule has 2 fully saturated rings. The first-order chi connectivity index (χ1) is 8.20. The first-order valence-electron chi connectivity index (χ1n) is 7.42. The average Bonchev–Trinajstić information content (AvgIpc) is 3.14. The molecule has 3 heteroatoms. The third-order valence-corrected chi connectivity index (χ3v) is 4.16. The molecule has 0 aromatic carbocycles. The Morgan fingerprint density at radius 1 is 1.12 bits per heavy atom. The highest BCUT2D eigenvalue weighted by Crippen LogP contribution is 2.27. The summed E-state index contributed by atoms with van der Waals surface area (Å²) in [4.78, 5) is 5.38. The van der Waals surface area contributed by atoms with E-state index < -0.39 is 0 Å². The third kappa shape index (κ3) is 3.94. The van der Waals surface area contributed by atoms with Crippen molar-refractivity contribution in [3.8, 4) is 0 Å². The van der Waals surface area contributed by atoms with Crippen molar-refractivity contribution >= 4 is 0 Å². The van der Waals surface area contributed by atoms with Gasteiger partial charge < -0.3 is 5.32 Å². The molecule has 0 aromatic rings. The summed E-state index contributed by atoms with van der Waals surface area (Å²) in [6.07, 6.45) is 4.17. The quantitative estimate of drug-likeness (QED) is 0.758. The first kappa shape index (κ1) is 13.3. The van der Waals surface area contributed by atoms with Crippen molar-refractivity contribution < 1.29 is 0 Å². The fourth-order valence-corrected chi connectivity index (χ4v) is 2.81. The minimum atomic E-state index is 0.608. The van der Waals surface area contributed by atoms with Gasteiger partial charge in [0, 0.05) is 50.8 Å². The number of hydrogen-bond donors (Lipinski definition) is 1. The maximum Gasteiger partial charge on any atom is 0.0219 e. The van der Waals surface area contributed by atoms with E-state index >= 15 is 0 Å². The SMILES string of the molecule is CCC(CNC(C)C)N1CCN(C2CC2)CC1. The average molecular weight is 239 g/mol. The second-order valence-electron chi connectivity index (χ2n) is 5.93. The zero-order chi connectivity index (χ0) is 12.3. The van der Waals surface area contributed by atoms with E-state index in [2.05, 4.69) is 35.9 Å². The van der Waals surface area contributed by atoms with Crippen molar-refractivity contribution in [3.63, 3.8) is 0 Å². The zero-order valence-electron chi connectivity index (χ0n) is 11.8. The van der Waals surface area contributed by atoms with Crippen molar-refractivity contribution in [1.82, 2.24) is 15.1 Å². The zero-order valence-corrected chi connectivity index (χ0v) is 11.8. The molecule has 2 aliphatic rings. The van der Waals surface area contributed by atoms with Crippen LogP contribution in [0.25, 0.3) is 0 Å². The highest BCUT2D eigenvalue weighted by atomic mass is 15.3. The lowest BCUT2D eigenvalue weighted by molar-refractivity contribution is 0.0881. The summed E-state index contributed by atoms with van der Waals surface area (Å²) in [5.74, 6) is 0. The smallest absolute Gasteiger partial charge is 0.0219 e. The Labute approximate surface area is 107 Å². The van der Waals surface area contributed by atoms with Crippen LogP contribution in [-0.4, -0.2) is 60.6 Å². The van der Waals surface area contributed by atoms with Gasteiger partial charge in [-0.25, -0.2) is 0 Å². The summed E-state index contributed by atoms with van der Waals surface area (Å²) in [5.41, 5.74) is 0. The Kier molecular flexibility index (Phi) is 4.83. The summed E-state index contributed by atoms with van der Waals surface area (Å²) in [7, 11) is 0. The highest BCUT2D eigenvalue weighted by molar-refractivity contribution is 4.89. The largest absolute Gasteiger partial charge is 0.313 e. The maximum absolute atomic E-state index is 3.58. The molecule has 1 unspecified atom stereocenters. The van der Waals surface area contributed by atoms with Crippen LogP contribution in [0.4, 0.5) is 0 Å². The molecule has 100 valence electrons. The third-order valence-electron chi connectivity index (χ3n) is 4.16.